The van der Waals surface area contributed by atoms with Crippen LogP contribution in [0.2, 0.25) is 0 Å². The van der Waals surface area contributed by atoms with Crippen LogP contribution in [0.5, 0.6) is 0 Å². The predicted octanol–water partition coefficient (Wildman–Crippen LogP) is 4.72. The highest BCUT2D eigenvalue weighted by atomic mass is 32.2. The van der Waals surface area contributed by atoms with E-state index in [0.29, 0.717) is 29.3 Å². The van der Waals surface area contributed by atoms with Crippen LogP contribution in [-0.2, 0) is 18.3 Å². The third-order valence-corrected chi connectivity index (χ3v) is 5.43. The molecule has 4 nitrogen and oxygen atoms in total. The van der Waals surface area contributed by atoms with Crippen molar-refractivity contribution in [2.75, 3.05) is 6.26 Å². The third-order valence-electron chi connectivity index (χ3n) is 4.46. The Morgan fingerprint density at radius 2 is 1.88 bits per heavy atom. The third kappa shape index (κ3) is 4.27. The molecule has 0 radical (unpaired) electrons. The van der Waals surface area contributed by atoms with Crippen molar-refractivity contribution in [3.63, 3.8) is 0 Å². The van der Waals surface area contributed by atoms with E-state index in [0.717, 1.165) is 11.4 Å². The zero-order valence-corrected chi connectivity index (χ0v) is 16.8. The molecule has 1 N–H and O–H groups in total. The second-order valence-electron chi connectivity index (χ2n) is 7.39. The summed E-state index contributed by atoms with van der Waals surface area (Å²) in [5.74, 6) is -0.891. The summed E-state index contributed by atoms with van der Waals surface area (Å²) in [7, 11) is 0. The van der Waals surface area contributed by atoms with E-state index in [1.165, 1.54) is 5.56 Å². The van der Waals surface area contributed by atoms with Crippen LogP contribution in [0.1, 0.15) is 61.9 Å². The number of hydrogen-bond donors (Lipinski definition) is 1. The van der Waals surface area contributed by atoms with E-state index in [1.54, 1.807) is 16.4 Å². The monoisotopic (exact) mass is 360 g/mol. The van der Waals surface area contributed by atoms with Gasteiger partial charge in [-0.05, 0) is 35.8 Å². The second-order valence-corrected chi connectivity index (χ2v) is 8.66. The fourth-order valence-corrected chi connectivity index (χ4v) is 3.22. The number of carboxylic acids is 1. The average molecular weight is 361 g/mol. The summed E-state index contributed by atoms with van der Waals surface area (Å²) in [4.78, 5) is 11.8. The standard InChI is InChI=1S/C20H28N2O2S/c1-7-17-18(19(23)24)16(12-13(2)25-6)21-22(17)15-10-8-14(9-11-15)20(3,4)5/h8-11,13H,7,12H2,1-6H3,(H,23,24). The van der Waals surface area contributed by atoms with Crippen LogP contribution in [0.4, 0.5) is 0 Å². The summed E-state index contributed by atoms with van der Waals surface area (Å²) in [5, 5.41) is 14.7. The van der Waals surface area contributed by atoms with Crippen molar-refractivity contribution in [3.05, 3.63) is 46.8 Å². The van der Waals surface area contributed by atoms with E-state index < -0.39 is 5.97 Å². The molecule has 1 heterocycles. The SMILES string of the molecule is CCc1c(C(=O)O)c(CC(C)SC)nn1-c1ccc(C(C)(C)C)cc1. The summed E-state index contributed by atoms with van der Waals surface area (Å²) in [5.41, 5.74) is 4.04. The molecule has 0 spiro atoms. The van der Waals surface area contributed by atoms with Crippen molar-refractivity contribution in [2.24, 2.45) is 0 Å². The first kappa shape index (κ1) is 19.6. The first-order valence-electron chi connectivity index (χ1n) is 8.66. The van der Waals surface area contributed by atoms with Crippen LogP contribution >= 0.6 is 11.8 Å². The molecule has 5 heteroatoms. The molecule has 0 saturated carbocycles. The highest BCUT2D eigenvalue weighted by Gasteiger charge is 2.24. The van der Waals surface area contributed by atoms with Crippen molar-refractivity contribution < 1.29 is 9.90 Å². The Labute approximate surface area is 154 Å². The van der Waals surface area contributed by atoms with E-state index in [9.17, 15) is 9.90 Å². The van der Waals surface area contributed by atoms with Gasteiger partial charge in [0.15, 0.2) is 0 Å². The van der Waals surface area contributed by atoms with Crippen LogP contribution in [-0.4, -0.2) is 32.4 Å². The Morgan fingerprint density at radius 3 is 2.32 bits per heavy atom. The highest BCUT2D eigenvalue weighted by molar-refractivity contribution is 7.99. The van der Waals surface area contributed by atoms with Gasteiger partial charge in [0.05, 0.1) is 17.1 Å². The fraction of sp³-hybridized carbons (Fsp3) is 0.500. The van der Waals surface area contributed by atoms with E-state index in [2.05, 4.69) is 44.9 Å². The van der Waals surface area contributed by atoms with Gasteiger partial charge in [-0.25, -0.2) is 9.48 Å². The van der Waals surface area contributed by atoms with Crippen molar-refractivity contribution in [2.45, 2.75) is 58.1 Å². The Bertz CT molecular complexity index is 742. The van der Waals surface area contributed by atoms with Crippen LogP contribution in [0, 0.1) is 0 Å². The van der Waals surface area contributed by atoms with Crippen LogP contribution in [0.25, 0.3) is 5.69 Å². The van der Waals surface area contributed by atoms with E-state index >= 15 is 0 Å². The molecule has 0 aliphatic carbocycles. The Balaban J connectivity index is 2.53. The molecule has 0 fully saturated rings. The van der Waals surface area contributed by atoms with Crippen LogP contribution in [0.3, 0.4) is 0 Å². The molecule has 1 atom stereocenters. The Hall–Kier alpha value is -1.75. The lowest BCUT2D eigenvalue weighted by molar-refractivity contribution is 0.0694. The van der Waals surface area contributed by atoms with Gasteiger partial charge in [0.25, 0.3) is 0 Å². The molecule has 0 saturated heterocycles. The minimum absolute atomic E-state index is 0.0847. The second kappa shape index (κ2) is 7.65. The van der Waals surface area contributed by atoms with Gasteiger partial charge in [0.2, 0.25) is 0 Å². The summed E-state index contributed by atoms with van der Waals surface area (Å²) in [6.07, 6.45) is 3.32. The van der Waals surface area contributed by atoms with Crippen molar-refractivity contribution >= 4 is 17.7 Å². The number of carbonyl (C=O) groups is 1. The molecular weight excluding hydrogens is 332 g/mol. The van der Waals surface area contributed by atoms with Gasteiger partial charge in [-0.3, -0.25) is 0 Å². The number of hydrogen-bond acceptors (Lipinski definition) is 3. The van der Waals surface area contributed by atoms with Crippen molar-refractivity contribution in [1.29, 1.82) is 0 Å². The Morgan fingerprint density at radius 1 is 1.28 bits per heavy atom. The van der Waals surface area contributed by atoms with Gasteiger partial charge in [0.1, 0.15) is 5.56 Å². The minimum atomic E-state index is -0.891. The molecule has 2 rings (SSSR count). The molecule has 1 aromatic carbocycles. The Kier molecular flexibility index (Phi) is 5.99. The van der Waals surface area contributed by atoms with Crippen molar-refractivity contribution in [1.82, 2.24) is 9.78 Å². The molecule has 25 heavy (non-hydrogen) atoms. The first-order valence-corrected chi connectivity index (χ1v) is 9.95. The zero-order chi connectivity index (χ0) is 18.8. The highest BCUT2D eigenvalue weighted by Crippen LogP contribution is 2.26. The summed E-state index contributed by atoms with van der Waals surface area (Å²) >= 11 is 1.72. The molecule has 0 bridgehead atoms. The van der Waals surface area contributed by atoms with Crippen LogP contribution < -0.4 is 0 Å². The molecule has 0 amide bonds. The number of thioether (sulfide) groups is 1. The lowest BCUT2D eigenvalue weighted by Gasteiger charge is -2.19. The lowest BCUT2D eigenvalue weighted by atomic mass is 9.87. The van der Waals surface area contributed by atoms with Crippen molar-refractivity contribution in [3.8, 4) is 5.69 Å². The van der Waals surface area contributed by atoms with Crippen LogP contribution in [0.15, 0.2) is 24.3 Å². The van der Waals surface area contributed by atoms with Gasteiger partial charge in [0, 0.05) is 11.7 Å². The largest absolute Gasteiger partial charge is 0.478 e. The average Bonchev–Trinajstić information content (AvgIpc) is 2.92. The number of aromatic carboxylic acids is 1. The quantitative estimate of drug-likeness (QED) is 0.809. The van der Waals surface area contributed by atoms with Gasteiger partial charge < -0.3 is 5.11 Å². The number of aromatic nitrogens is 2. The summed E-state index contributed by atoms with van der Waals surface area (Å²) in [6, 6.07) is 8.25. The number of rotatable bonds is 6. The molecule has 2 aromatic rings. The van der Waals surface area contributed by atoms with Gasteiger partial charge in [-0.1, -0.05) is 46.8 Å². The maximum Gasteiger partial charge on any atom is 0.339 e. The molecule has 0 aliphatic heterocycles. The smallest absolute Gasteiger partial charge is 0.339 e. The fourth-order valence-electron chi connectivity index (χ4n) is 2.89. The molecule has 1 aromatic heterocycles. The molecule has 0 aliphatic rings. The maximum absolute atomic E-state index is 11.8. The van der Waals surface area contributed by atoms with Gasteiger partial charge >= 0.3 is 5.97 Å². The summed E-state index contributed by atoms with van der Waals surface area (Å²) in [6.45, 7) is 10.6. The lowest BCUT2D eigenvalue weighted by Crippen LogP contribution is -2.11. The van der Waals surface area contributed by atoms with Gasteiger partial charge in [-0.15, -0.1) is 0 Å². The number of benzene rings is 1. The van der Waals surface area contributed by atoms with E-state index in [1.807, 2.05) is 25.3 Å². The summed E-state index contributed by atoms with van der Waals surface area (Å²) < 4.78 is 1.80. The minimum Gasteiger partial charge on any atom is -0.478 e. The van der Waals surface area contributed by atoms with E-state index in [-0.39, 0.29) is 5.41 Å². The zero-order valence-electron chi connectivity index (χ0n) is 16.0. The molecule has 1 unspecified atom stereocenters. The maximum atomic E-state index is 11.8. The number of carboxylic acid groups (broad SMARTS) is 1. The van der Waals surface area contributed by atoms with E-state index in [4.69, 9.17) is 0 Å². The molecular formula is C20H28N2O2S. The predicted molar refractivity (Wildman–Crippen MR) is 105 cm³/mol. The topological polar surface area (TPSA) is 55.1 Å². The normalized spacial score (nSPS) is 13.0. The van der Waals surface area contributed by atoms with Gasteiger partial charge in [-0.2, -0.15) is 16.9 Å². The molecule has 136 valence electrons. The number of nitrogens with zero attached hydrogens (tertiary/aromatic N) is 2. The first-order chi connectivity index (χ1) is 11.7.